The summed E-state index contributed by atoms with van der Waals surface area (Å²) in [6, 6.07) is 3.56. The summed E-state index contributed by atoms with van der Waals surface area (Å²) in [4.78, 5) is 11.2. The van der Waals surface area contributed by atoms with Crippen molar-refractivity contribution in [2.75, 3.05) is 5.73 Å². The van der Waals surface area contributed by atoms with E-state index < -0.39 is 5.97 Å². The molecular formula is C13H15N3O2. The summed E-state index contributed by atoms with van der Waals surface area (Å²) in [7, 11) is 1.75. The van der Waals surface area contributed by atoms with E-state index >= 15 is 0 Å². The monoisotopic (exact) mass is 245 g/mol. The number of hydrogen-bond acceptors (Lipinski definition) is 3. The van der Waals surface area contributed by atoms with Crippen LogP contribution in [-0.4, -0.2) is 20.9 Å². The molecule has 1 aromatic carbocycles. The first-order valence-electron chi connectivity index (χ1n) is 5.54. The number of aryl methyl sites for hydroxylation is 2. The predicted molar refractivity (Wildman–Crippen MR) is 69.5 cm³/mol. The number of carboxylic acid groups (broad SMARTS) is 1. The van der Waals surface area contributed by atoms with Gasteiger partial charge in [0.05, 0.1) is 11.8 Å². The van der Waals surface area contributed by atoms with Gasteiger partial charge in [-0.2, -0.15) is 5.10 Å². The van der Waals surface area contributed by atoms with Crippen molar-refractivity contribution >= 4 is 11.8 Å². The summed E-state index contributed by atoms with van der Waals surface area (Å²) < 4.78 is 1.56. The van der Waals surface area contributed by atoms with Crippen LogP contribution < -0.4 is 5.73 Å². The van der Waals surface area contributed by atoms with Gasteiger partial charge in [-0.3, -0.25) is 4.68 Å². The molecule has 18 heavy (non-hydrogen) atoms. The van der Waals surface area contributed by atoms with Gasteiger partial charge < -0.3 is 10.8 Å². The molecule has 0 spiro atoms. The molecule has 0 radical (unpaired) electrons. The lowest BCUT2D eigenvalue weighted by atomic mass is 9.97. The minimum Gasteiger partial charge on any atom is -0.478 e. The largest absolute Gasteiger partial charge is 0.478 e. The van der Waals surface area contributed by atoms with E-state index in [2.05, 4.69) is 5.10 Å². The van der Waals surface area contributed by atoms with Crippen molar-refractivity contribution in [3.05, 3.63) is 35.0 Å². The number of benzene rings is 1. The lowest BCUT2D eigenvalue weighted by molar-refractivity contribution is 0.0696. The van der Waals surface area contributed by atoms with Crippen molar-refractivity contribution in [1.82, 2.24) is 9.78 Å². The lowest BCUT2D eigenvalue weighted by Gasteiger charge is -2.09. The molecule has 1 aromatic heterocycles. The van der Waals surface area contributed by atoms with Gasteiger partial charge in [-0.05, 0) is 36.6 Å². The van der Waals surface area contributed by atoms with Crippen LogP contribution in [-0.2, 0) is 7.05 Å². The Morgan fingerprint density at radius 3 is 2.56 bits per heavy atom. The van der Waals surface area contributed by atoms with Gasteiger partial charge in [-0.25, -0.2) is 4.79 Å². The summed E-state index contributed by atoms with van der Waals surface area (Å²) in [5.74, 6) is -0.408. The van der Waals surface area contributed by atoms with Gasteiger partial charge in [-0.1, -0.05) is 6.07 Å². The number of carbonyl (C=O) groups is 1. The van der Waals surface area contributed by atoms with Crippen LogP contribution in [0.3, 0.4) is 0 Å². The molecule has 0 saturated carbocycles. The maximum Gasteiger partial charge on any atom is 0.335 e. The van der Waals surface area contributed by atoms with E-state index in [4.69, 9.17) is 5.73 Å². The molecule has 0 bridgehead atoms. The van der Waals surface area contributed by atoms with Crippen LogP contribution in [0.25, 0.3) is 11.1 Å². The highest BCUT2D eigenvalue weighted by atomic mass is 16.4. The van der Waals surface area contributed by atoms with E-state index in [1.54, 1.807) is 30.9 Å². The Bertz CT molecular complexity index is 629. The quantitative estimate of drug-likeness (QED) is 0.847. The van der Waals surface area contributed by atoms with E-state index in [0.717, 1.165) is 22.3 Å². The number of nitrogens with zero attached hydrogens (tertiary/aromatic N) is 2. The first-order chi connectivity index (χ1) is 8.41. The molecule has 2 rings (SSSR count). The van der Waals surface area contributed by atoms with Crippen LogP contribution >= 0.6 is 0 Å². The first-order valence-corrected chi connectivity index (χ1v) is 5.54. The van der Waals surface area contributed by atoms with Gasteiger partial charge in [0.1, 0.15) is 5.82 Å². The Morgan fingerprint density at radius 2 is 2.06 bits per heavy atom. The van der Waals surface area contributed by atoms with Crippen LogP contribution in [0.4, 0.5) is 5.82 Å². The third kappa shape index (κ3) is 1.84. The molecule has 0 fully saturated rings. The number of aromatic carboxylic acids is 1. The second kappa shape index (κ2) is 4.18. The van der Waals surface area contributed by atoms with E-state index in [0.29, 0.717) is 11.4 Å². The average molecular weight is 245 g/mol. The Balaban J connectivity index is 2.66. The highest BCUT2D eigenvalue weighted by Crippen LogP contribution is 2.28. The fraction of sp³-hybridized carbons (Fsp3) is 0.231. The maximum absolute atomic E-state index is 11.2. The molecular weight excluding hydrogens is 230 g/mol. The predicted octanol–water partition coefficient (Wildman–Crippen LogP) is 1.98. The molecule has 0 aliphatic heterocycles. The summed E-state index contributed by atoms with van der Waals surface area (Å²) >= 11 is 0. The number of aromatic nitrogens is 2. The Kier molecular flexibility index (Phi) is 2.82. The van der Waals surface area contributed by atoms with Gasteiger partial charge in [0.15, 0.2) is 0 Å². The van der Waals surface area contributed by atoms with Crippen molar-refractivity contribution in [3.8, 4) is 11.1 Å². The second-order valence-electron chi connectivity index (χ2n) is 4.34. The number of nitrogen functional groups attached to an aromatic ring is 1. The number of hydrogen-bond donors (Lipinski definition) is 2. The minimum absolute atomic E-state index is 0.299. The highest BCUT2D eigenvalue weighted by molar-refractivity contribution is 5.92. The van der Waals surface area contributed by atoms with E-state index in [1.165, 1.54) is 0 Å². The fourth-order valence-electron chi connectivity index (χ4n) is 1.91. The maximum atomic E-state index is 11.2. The smallest absolute Gasteiger partial charge is 0.335 e. The fourth-order valence-corrected chi connectivity index (χ4v) is 1.91. The standard InChI is InChI=1S/C13H15N3O2/c1-7-4-9(5-10(8(7)2)13(17)18)11-6-15-16(3)12(11)14/h4-6H,14H2,1-3H3,(H,17,18). The van der Waals surface area contributed by atoms with Crippen LogP contribution in [0.15, 0.2) is 18.3 Å². The van der Waals surface area contributed by atoms with Crippen molar-refractivity contribution in [2.24, 2.45) is 7.05 Å². The van der Waals surface area contributed by atoms with Gasteiger partial charge >= 0.3 is 5.97 Å². The molecule has 1 heterocycles. The zero-order valence-corrected chi connectivity index (χ0v) is 10.6. The summed E-state index contributed by atoms with van der Waals surface area (Å²) in [6.45, 7) is 3.69. The van der Waals surface area contributed by atoms with Gasteiger partial charge in [0.25, 0.3) is 0 Å². The topological polar surface area (TPSA) is 81.1 Å². The van der Waals surface area contributed by atoms with Gasteiger partial charge in [-0.15, -0.1) is 0 Å². The molecule has 0 saturated heterocycles. The van der Waals surface area contributed by atoms with Crippen LogP contribution in [0, 0.1) is 13.8 Å². The van der Waals surface area contributed by atoms with Gasteiger partial charge in [0.2, 0.25) is 0 Å². The molecule has 0 aliphatic rings. The van der Waals surface area contributed by atoms with Gasteiger partial charge in [0, 0.05) is 12.6 Å². The third-order valence-corrected chi connectivity index (χ3v) is 3.19. The molecule has 0 aliphatic carbocycles. The molecule has 0 unspecified atom stereocenters. The zero-order chi connectivity index (χ0) is 13.4. The van der Waals surface area contributed by atoms with Crippen molar-refractivity contribution in [1.29, 1.82) is 0 Å². The molecule has 0 atom stereocenters. The van der Waals surface area contributed by atoms with Crippen LogP contribution in [0.1, 0.15) is 21.5 Å². The number of rotatable bonds is 2. The van der Waals surface area contributed by atoms with E-state index in [1.807, 2.05) is 13.0 Å². The Hall–Kier alpha value is -2.30. The number of anilines is 1. The van der Waals surface area contributed by atoms with E-state index in [9.17, 15) is 9.90 Å². The molecule has 3 N–H and O–H groups in total. The van der Waals surface area contributed by atoms with Crippen LogP contribution in [0.5, 0.6) is 0 Å². The molecule has 0 amide bonds. The summed E-state index contributed by atoms with van der Waals surface area (Å²) in [5.41, 5.74) is 9.43. The minimum atomic E-state index is -0.931. The zero-order valence-electron chi connectivity index (χ0n) is 10.6. The Labute approximate surface area is 105 Å². The van der Waals surface area contributed by atoms with Crippen LogP contribution in [0.2, 0.25) is 0 Å². The third-order valence-electron chi connectivity index (χ3n) is 3.19. The number of carboxylic acids is 1. The molecule has 2 aromatic rings. The highest BCUT2D eigenvalue weighted by Gasteiger charge is 2.14. The Morgan fingerprint density at radius 1 is 1.39 bits per heavy atom. The van der Waals surface area contributed by atoms with E-state index in [-0.39, 0.29) is 0 Å². The average Bonchev–Trinajstić information content (AvgIpc) is 2.63. The SMILES string of the molecule is Cc1cc(-c2cnn(C)c2N)cc(C(=O)O)c1C. The first kappa shape index (κ1) is 12.2. The molecule has 5 heteroatoms. The molecule has 94 valence electrons. The van der Waals surface area contributed by atoms with Crippen molar-refractivity contribution < 1.29 is 9.90 Å². The second-order valence-corrected chi connectivity index (χ2v) is 4.34. The lowest BCUT2D eigenvalue weighted by Crippen LogP contribution is -2.03. The van der Waals surface area contributed by atoms with Crippen molar-refractivity contribution in [3.63, 3.8) is 0 Å². The normalized spacial score (nSPS) is 10.6. The number of nitrogens with two attached hydrogens (primary N) is 1. The summed E-state index contributed by atoms with van der Waals surface area (Å²) in [5, 5.41) is 13.2. The summed E-state index contributed by atoms with van der Waals surface area (Å²) in [6.07, 6.45) is 1.64. The molecule has 5 nitrogen and oxygen atoms in total. The van der Waals surface area contributed by atoms with Crippen molar-refractivity contribution in [2.45, 2.75) is 13.8 Å².